The zero-order valence-electron chi connectivity index (χ0n) is 10.5. The highest BCUT2D eigenvalue weighted by molar-refractivity contribution is 5.52. The van der Waals surface area contributed by atoms with E-state index in [0.29, 0.717) is 23.2 Å². The molecule has 16 heavy (non-hydrogen) atoms. The first-order valence-electron chi connectivity index (χ1n) is 5.71. The molecule has 1 aromatic rings. The predicted octanol–water partition coefficient (Wildman–Crippen LogP) is 2.19. The number of hydrogen-bond donors (Lipinski definition) is 1. The number of nitrogens with two attached hydrogens (primary N) is 1. The van der Waals surface area contributed by atoms with Gasteiger partial charge in [0, 0.05) is 6.54 Å². The van der Waals surface area contributed by atoms with Gasteiger partial charge in [0.15, 0.2) is 0 Å². The summed E-state index contributed by atoms with van der Waals surface area (Å²) in [7, 11) is 0. The Bertz CT molecular complexity index is 396. The molecular weight excluding hydrogens is 200 g/mol. The largest absolute Gasteiger partial charge is 0.383 e. The van der Waals surface area contributed by atoms with Crippen LogP contribution in [0.25, 0.3) is 0 Å². The van der Waals surface area contributed by atoms with Crippen molar-refractivity contribution in [2.24, 2.45) is 11.8 Å². The van der Waals surface area contributed by atoms with Crippen LogP contribution in [-0.2, 0) is 13.0 Å². The third-order valence-corrected chi connectivity index (χ3v) is 2.32. The second-order valence-electron chi connectivity index (χ2n) is 4.99. The van der Waals surface area contributed by atoms with E-state index in [2.05, 4.69) is 38.9 Å². The van der Waals surface area contributed by atoms with E-state index in [1.54, 1.807) is 4.68 Å². The highest BCUT2D eigenvalue weighted by Gasteiger charge is 2.16. The van der Waals surface area contributed by atoms with Gasteiger partial charge in [-0.05, 0) is 18.3 Å². The molecule has 0 aromatic carbocycles. The molecule has 4 heteroatoms. The maximum absolute atomic E-state index is 9.08. The van der Waals surface area contributed by atoms with Gasteiger partial charge < -0.3 is 5.73 Å². The SMILES string of the molecule is CC(C)Cc1nn(CC(C)C)c(N)c1C#N. The minimum absolute atomic E-state index is 0.473. The van der Waals surface area contributed by atoms with Gasteiger partial charge in [0.1, 0.15) is 17.5 Å². The normalized spacial score (nSPS) is 11.1. The first kappa shape index (κ1) is 12.6. The van der Waals surface area contributed by atoms with Gasteiger partial charge >= 0.3 is 0 Å². The molecule has 0 unspecified atom stereocenters. The van der Waals surface area contributed by atoms with Crippen molar-refractivity contribution < 1.29 is 0 Å². The lowest BCUT2D eigenvalue weighted by Crippen LogP contribution is -2.09. The van der Waals surface area contributed by atoms with Gasteiger partial charge in [-0.2, -0.15) is 10.4 Å². The molecule has 0 atom stereocenters. The van der Waals surface area contributed by atoms with E-state index in [1.807, 2.05) is 0 Å². The number of nitrogens with zero attached hydrogens (tertiary/aromatic N) is 3. The summed E-state index contributed by atoms with van der Waals surface area (Å²) < 4.78 is 1.75. The molecule has 0 saturated heterocycles. The second kappa shape index (κ2) is 5.02. The Hall–Kier alpha value is -1.50. The second-order valence-corrected chi connectivity index (χ2v) is 4.99. The van der Waals surface area contributed by atoms with E-state index in [0.717, 1.165) is 18.7 Å². The summed E-state index contributed by atoms with van der Waals surface area (Å²) >= 11 is 0. The molecule has 0 fully saturated rings. The quantitative estimate of drug-likeness (QED) is 0.845. The molecule has 1 heterocycles. The molecule has 0 aliphatic heterocycles. The van der Waals surface area contributed by atoms with Gasteiger partial charge in [-0.3, -0.25) is 0 Å². The Balaban J connectivity index is 3.06. The van der Waals surface area contributed by atoms with Gasteiger partial charge in [-0.1, -0.05) is 27.7 Å². The average molecular weight is 220 g/mol. The van der Waals surface area contributed by atoms with Gasteiger partial charge in [-0.25, -0.2) is 4.68 Å². The van der Waals surface area contributed by atoms with E-state index in [9.17, 15) is 0 Å². The van der Waals surface area contributed by atoms with Gasteiger partial charge in [0.05, 0.1) is 5.69 Å². The fraction of sp³-hybridized carbons (Fsp3) is 0.667. The molecule has 0 aliphatic rings. The van der Waals surface area contributed by atoms with Crippen molar-refractivity contribution in [2.75, 3.05) is 5.73 Å². The topological polar surface area (TPSA) is 67.6 Å². The number of nitrogen functional groups attached to an aromatic ring is 1. The lowest BCUT2D eigenvalue weighted by Gasteiger charge is -2.06. The third kappa shape index (κ3) is 2.75. The Labute approximate surface area is 97.1 Å². The fourth-order valence-electron chi connectivity index (χ4n) is 1.66. The maximum Gasteiger partial charge on any atom is 0.140 e. The molecule has 88 valence electrons. The molecule has 4 nitrogen and oxygen atoms in total. The molecule has 0 radical (unpaired) electrons. The first-order valence-corrected chi connectivity index (χ1v) is 5.71. The zero-order valence-corrected chi connectivity index (χ0v) is 10.5. The minimum atomic E-state index is 0.473. The third-order valence-electron chi connectivity index (χ3n) is 2.32. The van der Waals surface area contributed by atoms with Crippen LogP contribution in [0.1, 0.15) is 39.0 Å². The number of anilines is 1. The monoisotopic (exact) mass is 220 g/mol. The molecule has 2 N–H and O–H groups in total. The molecule has 0 bridgehead atoms. The number of hydrogen-bond acceptors (Lipinski definition) is 3. The van der Waals surface area contributed by atoms with Gasteiger partial charge in [0.25, 0.3) is 0 Å². The summed E-state index contributed by atoms with van der Waals surface area (Å²) in [5.41, 5.74) is 7.30. The Morgan fingerprint density at radius 1 is 1.31 bits per heavy atom. The minimum Gasteiger partial charge on any atom is -0.383 e. The van der Waals surface area contributed by atoms with Crippen LogP contribution in [-0.4, -0.2) is 9.78 Å². The molecule has 1 rings (SSSR count). The summed E-state index contributed by atoms with van der Waals surface area (Å²) in [6.07, 6.45) is 0.804. The zero-order chi connectivity index (χ0) is 12.3. The van der Waals surface area contributed by atoms with E-state index >= 15 is 0 Å². The van der Waals surface area contributed by atoms with Crippen molar-refractivity contribution in [3.05, 3.63) is 11.3 Å². The van der Waals surface area contributed by atoms with E-state index in [1.165, 1.54) is 0 Å². The lowest BCUT2D eigenvalue weighted by molar-refractivity contribution is 0.481. The number of aromatic nitrogens is 2. The number of nitriles is 1. The number of rotatable bonds is 4. The maximum atomic E-state index is 9.08. The summed E-state index contributed by atoms with van der Waals surface area (Å²) in [6.45, 7) is 9.20. The molecule has 0 amide bonds. The Kier molecular flexibility index (Phi) is 3.94. The van der Waals surface area contributed by atoms with Crippen LogP contribution in [0.4, 0.5) is 5.82 Å². The highest BCUT2D eigenvalue weighted by Crippen LogP contribution is 2.19. The van der Waals surface area contributed by atoms with Gasteiger partial charge in [0.2, 0.25) is 0 Å². The average Bonchev–Trinajstić information content (AvgIpc) is 2.41. The van der Waals surface area contributed by atoms with Crippen LogP contribution >= 0.6 is 0 Å². The molecule has 0 spiro atoms. The molecular formula is C12H20N4. The van der Waals surface area contributed by atoms with Crippen LogP contribution in [0.15, 0.2) is 0 Å². The summed E-state index contributed by atoms with van der Waals surface area (Å²) in [4.78, 5) is 0. The van der Waals surface area contributed by atoms with Crippen molar-refractivity contribution in [3.63, 3.8) is 0 Å². The Morgan fingerprint density at radius 3 is 2.38 bits per heavy atom. The van der Waals surface area contributed by atoms with Crippen molar-refractivity contribution in [1.82, 2.24) is 9.78 Å². The molecule has 1 aromatic heterocycles. The smallest absolute Gasteiger partial charge is 0.140 e. The first-order chi connectivity index (χ1) is 7.45. The molecule has 0 saturated carbocycles. The standard InChI is InChI=1S/C12H20N4/c1-8(2)5-11-10(6-13)12(14)16(15-11)7-9(3)4/h8-9H,5,7,14H2,1-4H3. The summed E-state index contributed by atoms with van der Waals surface area (Å²) in [5.74, 6) is 1.46. The van der Waals surface area contributed by atoms with E-state index < -0.39 is 0 Å². The van der Waals surface area contributed by atoms with E-state index in [4.69, 9.17) is 11.0 Å². The van der Waals surface area contributed by atoms with Crippen LogP contribution in [0.3, 0.4) is 0 Å². The Morgan fingerprint density at radius 2 is 1.94 bits per heavy atom. The van der Waals surface area contributed by atoms with Crippen molar-refractivity contribution >= 4 is 5.82 Å². The van der Waals surface area contributed by atoms with E-state index in [-0.39, 0.29) is 0 Å². The van der Waals surface area contributed by atoms with Crippen LogP contribution in [0, 0.1) is 23.2 Å². The molecule has 0 aliphatic carbocycles. The lowest BCUT2D eigenvalue weighted by atomic mass is 10.1. The summed E-state index contributed by atoms with van der Waals surface area (Å²) in [6, 6.07) is 2.15. The predicted molar refractivity (Wildman–Crippen MR) is 64.7 cm³/mol. The van der Waals surface area contributed by atoms with Gasteiger partial charge in [-0.15, -0.1) is 0 Å². The van der Waals surface area contributed by atoms with Crippen LogP contribution in [0.5, 0.6) is 0 Å². The fourth-order valence-corrected chi connectivity index (χ4v) is 1.66. The highest BCUT2D eigenvalue weighted by atomic mass is 15.3. The summed E-state index contributed by atoms with van der Waals surface area (Å²) in [5, 5.41) is 13.5. The van der Waals surface area contributed by atoms with Crippen LogP contribution < -0.4 is 5.73 Å². The van der Waals surface area contributed by atoms with Crippen molar-refractivity contribution in [1.29, 1.82) is 5.26 Å². The van der Waals surface area contributed by atoms with Crippen molar-refractivity contribution in [2.45, 2.75) is 40.7 Å². The van der Waals surface area contributed by atoms with Crippen LogP contribution in [0.2, 0.25) is 0 Å². The van der Waals surface area contributed by atoms with Crippen molar-refractivity contribution in [3.8, 4) is 6.07 Å².